The molecule has 0 radical (unpaired) electrons. The zero-order chi connectivity index (χ0) is 24.8. The van der Waals surface area contributed by atoms with E-state index in [-0.39, 0.29) is 11.7 Å². The van der Waals surface area contributed by atoms with E-state index in [2.05, 4.69) is 9.97 Å². The van der Waals surface area contributed by atoms with Gasteiger partial charge in [0.05, 0.1) is 57.5 Å². The molecule has 0 aliphatic rings. The molecule has 0 aliphatic carbocycles. The molecule has 1 amide bonds. The molecule has 0 fully saturated rings. The quantitative estimate of drug-likeness (QED) is 0.314. The number of thioether (sulfide) groups is 1. The van der Waals surface area contributed by atoms with Crippen LogP contribution in [0.5, 0.6) is 23.0 Å². The highest BCUT2D eigenvalue weighted by Gasteiger charge is 2.22. The van der Waals surface area contributed by atoms with Gasteiger partial charge in [0.2, 0.25) is 11.7 Å². The lowest BCUT2D eigenvalue weighted by atomic mass is 10.1. The fourth-order valence-electron chi connectivity index (χ4n) is 3.67. The highest BCUT2D eigenvalue weighted by molar-refractivity contribution is 7.99. The first-order valence-corrected chi connectivity index (χ1v) is 11.9. The minimum Gasteiger partial charge on any atom is -0.497 e. The summed E-state index contributed by atoms with van der Waals surface area (Å²) in [6.45, 7) is 0.349. The largest absolute Gasteiger partial charge is 0.497 e. The van der Waals surface area contributed by atoms with Gasteiger partial charge < -0.3 is 28.8 Å². The second kappa shape index (κ2) is 11.1. The Labute approximate surface area is 208 Å². The molecule has 182 valence electrons. The molecule has 0 unspecified atom stereocenters. The predicted molar refractivity (Wildman–Crippen MR) is 137 cm³/mol. The van der Waals surface area contributed by atoms with E-state index in [0.29, 0.717) is 34.6 Å². The Hall–Kier alpha value is -3.85. The summed E-state index contributed by atoms with van der Waals surface area (Å²) in [4.78, 5) is 23.1. The van der Waals surface area contributed by atoms with Crippen molar-refractivity contribution in [3.8, 4) is 23.0 Å². The molecule has 0 bridgehead atoms. The van der Waals surface area contributed by atoms with E-state index in [1.54, 1.807) is 45.5 Å². The number of nitrogens with one attached hydrogen (secondary N) is 1. The number of hydrogen-bond acceptors (Lipinski definition) is 7. The van der Waals surface area contributed by atoms with Crippen molar-refractivity contribution in [3.05, 3.63) is 66.2 Å². The Morgan fingerprint density at radius 2 is 1.60 bits per heavy atom. The van der Waals surface area contributed by atoms with E-state index in [0.717, 1.165) is 22.3 Å². The van der Waals surface area contributed by atoms with Gasteiger partial charge in [-0.1, -0.05) is 36.0 Å². The van der Waals surface area contributed by atoms with Crippen molar-refractivity contribution in [2.45, 2.75) is 11.7 Å². The maximum Gasteiger partial charge on any atom is 0.237 e. The molecular weight excluding hydrogens is 466 g/mol. The lowest BCUT2D eigenvalue weighted by molar-refractivity contribution is -0.116. The number of benzene rings is 3. The molecule has 4 aromatic rings. The number of aromatic nitrogens is 2. The van der Waals surface area contributed by atoms with Gasteiger partial charge >= 0.3 is 0 Å². The molecule has 1 heterocycles. The standard InChI is InChI=1S/C26H27N3O5S/c1-31-19-11-9-17(10-12-19)15-29(18-13-22(32-2)25(34-4)23(14-18)33-3)24(30)16-35-26-27-20-7-5-6-8-21(20)28-26/h5-14H,15-16H2,1-4H3,(H,27,28). The number of rotatable bonds is 10. The van der Waals surface area contributed by atoms with Crippen LogP contribution in [0.2, 0.25) is 0 Å². The number of amides is 1. The third-order valence-corrected chi connectivity index (χ3v) is 6.32. The predicted octanol–water partition coefficient (Wildman–Crippen LogP) is 4.92. The van der Waals surface area contributed by atoms with Gasteiger partial charge in [0, 0.05) is 12.1 Å². The number of para-hydroxylation sites is 2. The van der Waals surface area contributed by atoms with Crippen LogP contribution in [-0.2, 0) is 11.3 Å². The molecule has 0 saturated carbocycles. The monoisotopic (exact) mass is 493 g/mol. The van der Waals surface area contributed by atoms with Crippen molar-refractivity contribution in [2.24, 2.45) is 0 Å². The highest BCUT2D eigenvalue weighted by Crippen LogP contribution is 2.41. The first-order valence-electron chi connectivity index (χ1n) is 10.9. The van der Waals surface area contributed by atoms with E-state index < -0.39 is 0 Å². The minimum absolute atomic E-state index is 0.0967. The first-order chi connectivity index (χ1) is 17.1. The third-order valence-electron chi connectivity index (χ3n) is 5.46. The minimum atomic E-state index is -0.0967. The summed E-state index contributed by atoms with van der Waals surface area (Å²) in [6.07, 6.45) is 0. The van der Waals surface area contributed by atoms with Crippen molar-refractivity contribution in [2.75, 3.05) is 39.1 Å². The average molecular weight is 494 g/mol. The Kier molecular flexibility index (Phi) is 7.67. The van der Waals surface area contributed by atoms with Crippen LogP contribution in [0.15, 0.2) is 65.8 Å². The Morgan fingerprint density at radius 1 is 0.914 bits per heavy atom. The molecule has 1 N–H and O–H groups in total. The fourth-order valence-corrected chi connectivity index (χ4v) is 4.43. The summed E-state index contributed by atoms with van der Waals surface area (Å²) in [5.74, 6) is 2.25. The number of nitrogens with zero attached hydrogens (tertiary/aromatic N) is 2. The molecule has 3 aromatic carbocycles. The summed E-state index contributed by atoms with van der Waals surface area (Å²) in [5, 5.41) is 0.689. The van der Waals surface area contributed by atoms with Crippen molar-refractivity contribution < 1.29 is 23.7 Å². The van der Waals surface area contributed by atoms with Crippen molar-refractivity contribution >= 4 is 34.4 Å². The number of hydrogen-bond donors (Lipinski definition) is 1. The van der Waals surface area contributed by atoms with E-state index in [4.69, 9.17) is 18.9 Å². The number of carbonyl (C=O) groups excluding carboxylic acids is 1. The van der Waals surface area contributed by atoms with Crippen LogP contribution >= 0.6 is 11.8 Å². The van der Waals surface area contributed by atoms with Crippen LogP contribution in [0.25, 0.3) is 11.0 Å². The second-order valence-corrected chi connectivity index (χ2v) is 8.52. The van der Waals surface area contributed by atoms with Gasteiger partial charge in [-0.2, -0.15) is 0 Å². The fraction of sp³-hybridized carbons (Fsp3) is 0.231. The molecular formula is C26H27N3O5S. The van der Waals surface area contributed by atoms with Crippen LogP contribution in [-0.4, -0.2) is 50.1 Å². The van der Waals surface area contributed by atoms with E-state index >= 15 is 0 Å². The number of carbonyl (C=O) groups is 1. The number of fused-ring (bicyclic) bond motifs is 1. The molecule has 0 spiro atoms. The Balaban J connectivity index is 1.64. The molecule has 1 aromatic heterocycles. The van der Waals surface area contributed by atoms with Gasteiger partial charge in [0.1, 0.15) is 5.75 Å². The number of ether oxygens (including phenoxy) is 4. The number of H-pyrrole nitrogens is 1. The molecule has 0 saturated heterocycles. The summed E-state index contributed by atoms with van der Waals surface area (Å²) < 4.78 is 21.7. The van der Waals surface area contributed by atoms with E-state index in [1.807, 2.05) is 48.5 Å². The molecule has 0 atom stereocenters. The number of imidazole rings is 1. The van der Waals surface area contributed by atoms with Crippen LogP contribution in [0.3, 0.4) is 0 Å². The van der Waals surface area contributed by atoms with Gasteiger partial charge in [0.15, 0.2) is 16.7 Å². The summed E-state index contributed by atoms with van der Waals surface area (Å²) >= 11 is 1.36. The van der Waals surface area contributed by atoms with Crippen LogP contribution < -0.4 is 23.8 Å². The van der Waals surface area contributed by atoms with Crippen LogP contribution in [0.4, 0.5) is 5.69 Å². The topological polar surface area (TPSA) is 85.9 Å². The number of methoxy groups -OCH3 is 4. The average Bonchev–Trinajstić information content (AvgIpc) is 3.33. The summed E-state index contributed by atoms with van der Waals surface area (Å²) in [5.41, 5.74) is 3.37. The molecule has 4 rings (SSSR count). The number of aromatic amines is 1. The Bertz CT molecular complexity index is 1250. The van der Waals surface area contributed by atoms with Crippen LogP contribution in [0.1, 0.15) is 5.56 Å². The molecule has 35 heavy (non-hydrogen) atoms. The maximum absolute atomic E-state index is 13.5. The van der Waals surface area contributed by atoms with Crippen molar-refractivity contribution in [1.82, 2.24) is 9.97 Å². The van der Waals surface area contributed by atoms with Gasteiger partial charge in [-0.25, -0.2) is 4.98 Å². The summed E-state index contributed by atoms with van der Waals surface area (Å²) in [6, 6.07) is 18.9. The van der Waals surface area contributed by atoms with Gasteiger partial charge in [-0.05, 0) is 29.8 Å². The molecule has 8 nitrogen and oxygen atoms in total. The third kappa shape index (κ3) is 5.46. The Morgan fingerprint density at radius 3 is 2.20 bits per heavy atom. The lowest BCUT2D eigenvalue weighted by Gasteiger charge is -2.25. The first kappa shape index (κ1) is 24.3. The second-order valence-electron chi connectivity index (χ2n) is 7.56. The van der Waals surface area contributed by atoms with Gasteiger partial charge in [-0.15, -0.1) is 0 Å². The zero-order valence-corrected chi connectivity index (χ0v) is 20.8. The smallest absolute Gasteiger partial charge is 0.237 e. The SMILES string of the molecule is COc1ccc(CN(C(=O)CSc2nc3ccccc3[nH]2)c2cc(OC)c(OC)c(OC)c2)cc1. The van der Waals surface area contributed by atoms with E-state index in [1.165, 1.54) is 11.8 Å². The zero-order valence-electron chi connectivity index (χ0n) is 20.0. The summed E-state index contributed by atoms with van der Waals surface area (Å²) in [7, 11) is 6.27. The van der Waals surface area contributed by atoms with Gasteiger partial charge in [0.25, 0.3) is 0 Å². The lowest BCUT2D eigenvalue weighted by Crippen LogP contribution is -2.32. The van der Waals surface area contributed by atoms with Crippen molar-refractivity contribution in [3.63, 3.8) is 0 Å². The van der Waals surface area contributed by atoms with Crippen LogP contribution in [0, 0.1) is 0 Å². The van der Waals surface area contributed by atoms with E-state index in [9.17, 15) is 4.79 Å². The van der Waals surface area contributed by atoms with Gasteiger partial charge in [-0.3, -0.25) is 4.79 Å². The highest BCUT2D eigenvalue weighted by atomic mass is 32.2. The normalized spacial score (nSPS) is 10.7. The maximum atomic E-state index is 13.5. The molecule has 9 heteroatoms. The molecule has 0 aliphatic heterocycles. The van der Waals surface area contributed by atoms with Crippen molar-refractivity contribution in [1.29, 1.82) is 0 Å². The number of anilines is 1.